The minimum absolute atomic E-state index is 0.00832. The number of ether oxygens (including phenoxy) is 1. The number of aromatic hydroxyl groups is 1. The van der Waals surface area contributed by atoms with Gasteiger partial charge in [0.2, 0.25) is 0 Å². The van der Waals surface area contributed by atoms with Crippen LogP contribution in [0.25, 0.3) is 0 Å². The number of benzene rings is 1. The molecule has 0 saturated carbocycles. The molecule has 0 bridgehead atoms. The van der Waals surface area contributed by atoms with Crippen LogP contribution >= 0.6 is 0 Å². The predicted octanol–water partition coefficient (Wildman–Crippen LogP) is 0.250. The molecule has 0 spiro atoms. The van der Waals surface area contributed by atoms with Gasteiger partial charge in [0, 0.05) is 6.42 Å². The molecule has 0 heterocycles. The molecule has 1 aromatic carbocycles. The third-order valence-corrected chi connectivity index (χ3v) is 2.59. The van der Waals surface area contributed by atoms with Crippen LogP contribution < -0.4 is 16.0 Å². The van der Waals surface area contributed by atoms with Gasteiger partial charge in [0.05, 0.1) is 7.11 Å². The Hall–Kier alpha value is -1.79. The Morgan fingerprint density at radius 1 is 1.59 bits per heavy atom. The number of carboxylic acids is 1. The lowest BCUT2D eigenvalue weighted by Gasteiger charge is -2.23. The number of hydrogen-bond donors (Lipinski definition) is 4. The van der Waals surface area contributed by atoms with E-state index in [1.807, 2.05) is 0 Å². The van der Waals surface area contributed by atoms with Gasteiger partial charge in [-0.3, -0.25) is 10.6 Å². The quantitative estimate of drug-likeness (QED) is 0.434. The van der Waals surface area contributed by atoms with Crippen LogP contribution in [0.5, 0.6) is 11.5 Å². The van der Waals surface area contributed by atoms with Crippen molar-refractivity contribution in [3.63, 3.8) is 0 Å². The topological polar surface area (TPSA) is 105 Å². The molecule has 17 heavy (non-hydrogen) atoms. The third-order valence-electron chi connectivity index (χ3n) is 2.59. The maximum Gasteiger partial charge on any atom is 0.325 e. The van der Waals surface area contributed by atoms with E-state index in [-0.39, 0.29) is 12.2 Å². The van der Waals surface area contributed by atoms with Gasteiger partial charge >= 0.3 is 5.97 Å². The fourth-order valence-electron chi connectivity index (χ4n) is 1.43. The molecule has 0 aliphatic heterocycles. The Kier molecular flexibility index (Phi) is 3.93. The van der Waals surface area contributed by atoms with Crippen LogP contribution in [0.15, 0.2) is 18.2 Å². The largest absolute Gasteiger partial charge is 0.504 e. The summed E-state index contributed by atoms with van der Waals surface area (Å²) in [6, 6.07) is 4.65. The zero-order valence-corrected chi connectivity index (χ0v) is 9.73. The van der Waals surface area contributed by atoms with Crippen LogP contribution in [0.2, 0.25) is 0 Å². The number of hydrazine groups is 1. The van der Waals surface area contributed by atoms with Crippen molar-refractivity contribution in [3.8, 4) is 11.5 Å². The van der Waals surface area contributed by atoms with Crippen LogP contribution in [-0.4, -0.2) is 28.8 Å². The molecule has 0 unspecified atom stereocenters. The number of carbonyl (C=O) groups is 1. The Morgan fingerprint density at radius 3 is 2.71 bits per heavy atom. The van der Waals surface area contributed by atoms with E-state index in [1.54, 1.807) is 12.1 Å². The maximum atomic E-state index is 11.1. The fourth-order valence-corrected chi connectivity index (χ4v) is 1.43. The summed E-state index contributed by atoms with van der Waals surface area (Å²) in [7, 11) is 1.43. The molecule has 1 aromatic rings. The molecule has 0 amide bonds. The van der Waals surface area contributed by atoms with Gasteiger partial charge in [0.15, 0.2) is 11.5 Å². The highest BCUT2D eigenvalue weighted by Gasteiger charge is 2.32. The summed E-state index contributed by atoms with van der Waals surface area (Å²) in [6.45, 7) is 1.48. The summed E-state index contributed by atoms with van der Waals surface area (Å²) in [5, 5.41) is 18.5. The smallest absolute Gasteiger partial charge is 0.325 e. The average Bonchev–Trinajstić information content (AvgIpc) is 2.31. The second kappa shape index (κ2) is 5.03. The number of nitrogens with one attached hydrogen (secondary N) is 1. The number of methoxy groups -OCH3 is 1. The lowest BCUT2D eigenvalue weighted by Crippen LogP contribution is -2.54. The fraction of sp³-hybridized carbons (Fsp3) is 0.364. The number of phenolic OH excluding ortho intramolecular Hbond substituents is 1. The summed E-state index contributed by atoms with van der Waals surface area (Å²) in [5.41, 5.74) is 1.71. The first-order valence-corrected chi connectivity index (χ1v) is 5.00. The van der Waals surface area contributed by atoms with Gasteiger partial charge < -0.3 is 14.9 Å². The SMILES string of the molecule is COc1cc(C[C@](C)(NN)C(=O)O)ccc1O. The number of nitrogens with two attached hydrogens (primary N) is 1. The first-order valence-electron chi connectivity index (χ1n) is 5.00. The molecule has 6 nitrogen and oxygen atoms in total. The van der Waals surface area contributed by atoms with E-state index in [9.17, 15) is 9.90 Å². The summed E-state index contributed by atoms with van der Waals surface area (Å²) < 4.78 is 4.95. The lowest BCUT2D eigenvalue weighted by molar-refractivity contribution is -0.144. The van der Waals surface area contributed by atoms with Crippen molar-refractivity contribution in [1.82, 2.24) is 5.43 Å². The number of phenols is 1. The normalized spacial score (nSPS) is 14.1. The van der Waals surface area contributed by atoms with Crippen LogP contribution in [0.3, 0.4) is 0 Å². The van der Waals surface area contributed by atoms with Crippen molar-refractivity contribution >= 4 is 5.97 Å². The Morgan fingerprint density at radius 2 is 2.24 bits per heavy atom. The molecule has 6 heteroatoms. The van der Waals surface area contributed by atoms with Gasteiger partial charge in [-0.15, -0.1) is 0 Å². The second-order valence-electron chi connectivity index (χ2n) is 3.96. The van der Waals surface area contributed by atoms with Crippen LogP contribution in [0, 0.1) is 0 Å². The van der Waals surface area contributed by atoms with Crippen molar-refractivity contribution in [2.24, 2.45) is 5.84 Å². The summed E-state index contributed by atoms with van der Waals surface area (Å²) >= 11 is 0. The molecule has 1 atom stereocenters. The van der Waals surface area contributed by atoms with E-state index in [0.29, 0.717) is 11.3 Å². The van der Waals surface area contributed by atoms with E-state index in [1.165, 1.54) is 20.1 Å². The highest BCUT2D eigenvalue weighted by atomic mass is 16.5. The van der Waals surface area contributed by atoms with E-state index in [0.717, 1.165) is 0 Å². The average molecular weight is 240 g/mol. The number of hydrogen-bond acceptors (Lipinski definition) is 5. The van der Waals surface area contributed by atoms with Gasteiger partial charge in [-0.2, -0.15) is 0 Å². The van der Waals surface area contributed by atoms with Crippen molar-refractivity contribution in [2.75, 3.05) is 7.11 Å². The molecule has 1 rings (SSSR count). The highest BCUT2D eigenvalue weighted by Crippen LogP contribution is 2.27. The molecular formula is C11H16N2O4. The van der Waals surface area contributed by atoms with Crippen molar-refractivity contribution < 1.29 is 19.7 Å². The number of carboxylic acid groups (broad SMARTS) is 1. The minimum Gasteiger partial charge on any atom is -0.504 e. The number of rotatable bonds is 5. The van der Waals surface area contributed by atoms with Gasteiger partial charge in [-0.05, 0) is 24.6 Å². The summed E-state index contributed by atoms with van der Waals surface area (Å²) in [5.74, 6) is 4.50. The predicted molar refractivity (Wildman–Crippen MR) is 61.7 cm³/mol. The van der Waals surface area contributed by atoms with Gasteiger partial charge in [0.1, 0.15) is 5.54 Å². The molecule has 94 valence electrons. The van der Waals surface area contributed by atoms with Gasteiger partial charge in [-0.1, -0.05) is 6.07 Å². The second-order valence-corrected chi connectivity index (χ2v) is 3.96. The van der Waals surface area contributed by atoms with Crippen molar-refractivity contribution in [2.45, 2.75) is 18.9 Å². The Labute approximate surface area is 99.0 Å². The van der Waals surface area contributed by atoms with Gasteiger partial charge in [0.25, 0.3) is 0 Å². The van der Waals surface area contributed by atoms with E-state index >= 15 is 0 Å². The highest BCUT2D eigenvalue weighted by molar-refractivity contribution is 5.78. The summed E-state index contributed by atoms with van der Waals surface area (Å²) in [6.07, 6.45) is 0.176. The zero-order chi connectivity index (χ0) is 13.1. The first-order chi connectivity index (χ1) is 7.92. The van der Waals surface area contributed by atoms with Crippen LogP contribution in [-0.2, 0) is 11.2 Å². The Bertz CT molecular complexity index is 422. The molecule has 0 fully saturated rings. The van der Waals surface area contributed by atoms with Crippen LogP contribution in [0.4, 0.5) is 0 Å². The minimum atomic E-state index is -1.26. The van der Waals surface area contributed by atoms with Crippen LogP contribution in [0.1, 0.15) is 12.5 Å². The molecule has 0 aliphatic rings. The maximum absolute atomic E-state index is 11.1. The molecular weight excluding hydrogens is 224 g/mol. The molecule has 0 aromatic heterocycles. The number of aliphatic carboxylic acids is 1. The van der Waals surface area contributed by atoms with Crippen molar-refractivity contribution in [3.05, 3.63) is 23.8 Å². The Balaban J connectivity index is 2.98. The van der Waals surface area contributed by atoms with E-state index in [2.05, 4.69) is 5.43 Å². The molecule has 0 radical (unpaired) electrons. The van der Waals surface area contributed by atoms with Gasteiger partial charge in [-0.25, -0.2) is 5.43 Å². The van der Waals surface area contributed by atoms with Crippen molar-refractivity contribution in [1.29, 1.82) is 0 Å². The molecule has 0 saturated heterocycles. The monoisotopic (exact) mass is 240 g/mol. The lowest BCUT2D eigenvalue weighted by atomic mass is 9.93. The zero-order valence-electron chi connectivity index (χ0n) is 9.73. The standard InChI is InChI=1S/C11H16N2O4/c1-11(13-12,10(15)16)6-7-3-4-8(14)9(5-7)17-2/h3-5,13-14H,6,12H2,1-2H3,(H,15,16)/t11-/m0/s1. The summed E-state index contributed by atoms with van der Waals surface area (Å²) in [4.78, 5) is 11.1. The first kappa shape index (κ1) is 13.3. The molecule has 0 aliphatic carbocycles. The molecule has 5 N–H and O–H groups in total. The van der Waals surface area contributed by atoms with E-state index < -0.39 is 11.5 Å². The van der Waals surface area contributed by atoms with E-state index in [4.69, 9.17) is 15.7 Å². The third kappa shape index (κ3) is 2.86.